The highest BCUT2D eigenvalue weighted by Crippen LogP contribution is 2.42. The zero-order valence-electron chi connectivity index (χ0n) is 12.0. The van der Waals surface area contributed by atoms with Crippen LogP contribution in [0.1, 0.15) is 31.9 Å². The van der Waals surface area contributed by atoms with Gasteiger partial charge < -0.3 is 9.47 Å². The average Bonchev–Trinajstić information content (AvgIpc) is 2.75. The molecule has 0 saturated heterocycles. The molecule has 0 spiro atoms. The monoisotopic (exact) mass is 303 g/mol. The molecule has 2 aliphatic rings. The van der Waals surface area contributed by atoms with Crippen LogP contribution < -0.4 is 0 Å². The zero-order valence-corrected chi connectivity index (χ0v) is 12.0. The lowest BCUT2D eigenvalue weighted by atomic mass is 9.89. The van der Waals surface area contributed by atoms with E-state index in [-0.39, 0.29) is 29.2 Å². The highest BCUT2D eigenvalue weighted by atomic mass is 16.6. The minimum Gasteiger partial charge on any atom is -0.480 e. The molecular weight excluding hydrogens is 290 g/mol. The van der Waals surface area contributed by atoms with E-state index >= 15 is 0 Å². The predicted molar refractivity (Wildman–Crippen MR) is 73.7 cm³/mol. The zero-order chi connectivity index (χ0) is 16.1. The summed E-state index contributed by atoms with van der Waals surface area (Å²) in [6.45, 7) is 3.45. The normalized spacial score (nSPS) is 22.9. The Morgan fingerprint density at radius 3 is 2.45 bits per heavy atom. The molecule has 22 heavy (non-hydrogen) atoms. The number of non-ortho nitro benzene ring substituents is 1. The number of carbonyl (C=O) groups excluding carboxylic acids is 2. The Morgan fingerprint density at radius 2 is 1.86 bits per heavy atom. The van der Waals surface area contributed by atoms with Crippen molar-refractivity contribution >= 4 is 17.4 Å². The van der Waals surface area contributed by atoms with Gasteiger partial charge in [0.05, 0.1) is 16.9 Å². The third-order valence-corrected chi connectivity index (χ3v) is 3.59. The second kappa shape index (κ2) is 4.66. The van der Waals surface area contributed by atoms with E-state index in [1.165, 1.54) is 24.3 Å². The third kappa shape index (κ3) is 2.24. The summed E-state index contributed by atoms with van der Waals surface area (Å²) in [5.41, 5.74) is -0.132. The number of hydrogen-bond donors (Lipinski definition) is 0. The molecule has 0 radical (unpaired) electrons. The Morgan fingerprint density at radius 1 is 1.23 bits per heavy atom. The van der Waals surface area contributed by atoms with Crippen molar-refractivity contribution in [2.45, 2.75) is 32.0 Å². The van der Waals surface area contributed by atoms with E-state index in [1.807, 2.05) is 0 Å². The highest BCUT2D eigenvalue weighted by Gasteiger charge is 2.47. The van der Waals surface area contributed by atoms with Crippen LogP contribution in [-0.4, -0.2) is 22.3 Å². The van der Waals surface area contributed by atoms with Crippen molar-refractivity contribution in [3.63, 3.8) is 0 Å². The molecule has 0 aromatic heterocycles. The molecular formula is C15H13NO6. The molecule has 1 aromatic carbocycles. The molecule has 0 N–H and O–H groups in total. The van der Waals surface area contributed by atoms with Crippen LogP contribution in [0.4, 0.5) is 5.69 Å². The number of Topliss-reactive ketones (excluding diaryl/α,β-unsaturated/α-hetero) is 1. The predicted octanol–water partition coefficient (Wildman–Crippen LogP) is 2.21. The average molecular weight is 303 g/mol. The summed E-state index contributed by atoms with van der Waals surface area (Å²) in [5, 5.41) is 10.7. The fourth-order valence-electron chi connectivity index (χ4n) is 2.62. The van der Waals surface area contributed by atoms with Gasteiger partial charge in [0.25, 0.3) is 5.69 Å². The van der Waals surface area contributed by atoms with Crippen molar-refractivity contribution in [1.82, 2.24) is 0 Å². The molecule has 3 rings (SSSR count). The Balaban J connectivity index is 1.99. The number of rotatable bonds is 2. The molecule has 0 fully saturated rings. The number of hydrogen-bond acceptors (Lipinski definition) is 6. The van der Waals surface area contributed by atoms with E-state index in [0.717, 1.165) is 0 Å². The van der Waals surface area contributed by atoms with Gasteiger partial charge in [-0.05, 0) is 31.5 Å². The molecule has 1 aromatic rings. The van der Waals surface area contributed by atoms with Crippen LogP contribution in [0.15, 0.2) is 35.6 Å². The minimum absolute atomic E-state index is 0.0513. The lowest BCUT2D eigenvalue weighted by Gasteiger charge is -2.29. The molecule has 7 heteroatoms. The first kappa shape index (κ1) is 14.2. The van der Waals surface area contributed by atoms with Crippen LogP contribution in [0.25, 0.3) is 0 Å². The van der Waals surface area contributed by atoms with Crippen LogP contribution >= 0.6 is 0 Å². The minimum atomic E-state index is -0.869. The molecule has 0 saturated carbocycles. The summed E-state index contributed by atoms with van der Waals surface area (Å²) < 4.78 is 10.8. The van der Waals surface area contributed by atoms with Crippen LogP contribution in [-0.2, 0) is 19.1 Å². The van der Waals surface area contributed by atoms with Gasteiger partial charge in [-0.15, -0.1) is 0 Å². The van der Waals surface area contributed by atoms with Crippen molar-refractivity contribution < 1.29 is 24.0 Å². The van der Waals surface area contributed by atoms with Gasteiger partial charge in [-0.1, -0.05) is 0 Å². The Hall–Kier alpha value is -2.70. The molecule has 0 unspecified atom stereocenters. The molecule has 2 heterocycles. The molecule has 2 aliphatic heterocycles. The summed E-state index contributed by atoms with van der Waals surface area (Å²) >= 11 is 0. The van der Waals surface area contributed by atoms with Crippen molar-refractivity contribution in [3.8, 4) is 0 Å². The maximum absolute atomic E-state index is 12.3. The number of nitro benzene ring substituents is 1. The van der Waals surface area contributed by atoms with Gasteiger partial charge in [-0.25, -0.2) is 4.79 Å². The SMILES string of the molecule is CC1(C)CC(=O)C2=C(O1)C(=O)O[C@H]2c1ccc([N+](=O)[O-])cc1. The summed E-state index contributed by atoms with van der Waals surface area (Å²) in [5.74, 6) is -0.940. The van der Waals surface area contributed by atoms with Gasteiger partial charge in [-0.3, -0.25) is 14.9 Å². The first-order valence-corrected chi connectivity index (χ1v) is 6.70. The van der Waals surface area contributed by atoms with Gasteiger partial charge in [0.2, 0.25) is 5.76 Å². The van der Waals surface area contributed by atoms with E-state index in [4.69, 9.17) is 9.47 Å². The topological polar surface area (TPSA) is 95.7 Å². The standard InChI is InChI=1S/C15H13NO6/c1-15(2)7-10(17)11-12(21-14(18)13(11)22-15)8-3-5-9(6-4-8)16(19)20/h3-6,12H,7H2,1-2H3/t12-/m0/s1. The number of benzene rings is 1. The number of esters is 1. The largest absolute Gasteiger partial charge is 0.480 e. The smallest absolute Gasteiger partial charge is 0.375 e. The fourth-order valence-corrected chi connectivity index (χ4v) is 2.62. The maximum atomic E-state index is 12.3. The first-order valence-electron chi connectivity index (χ1n) is 6.70. The van der Waals surface area contributed by atoms with Gasteiger partial charge in [0.15, 0.2) is 11.9 Å². The number of carbonyl (C=O) groups is 2. The second-order valence-electron chi connectivity index (χ2n) is 5.84. The van der Waals surface area contributed by atoms with Crippen molar-refractivity contribution in [2.24, 2.45) is 0 Å². The molecule has 114 valence electrons. The van der Waals surface area contributed by atoms with Crippen molar-refractivity contribution in [3.05, 3.63) is 51.3 Å². The number of nitro groups is 1. The summed E-state index contributed by atoms with van der Waals surface area (Å²) in [4.78, 5) is 34.4. The maximum Gasteiger partial charge on any atom is 0.375 e. The van der Waals surface area contributed by atoms with E-state index in [0.29, 0.717) is 5.56 Å². The van der Waals surface area contributed by atoms with E-state index < -0.39 is 22.6 Å². The van der Waals surface area contributed by atoms with Crippen molar-refractivity contribution in [1.29, 1.82) is 0 Å². The highest BCUT2D eigenvalue weighted by molar-refractivity contribution is 6.07. The summed E-state index contributed by atoms with van der Waals surface area (Å²) in [7, 11) is 0. The number of ether oxygens (including phenoxy) is 2. The van der Waals surface area contributed by atoms with E-state index in [9.17, 15) is 19.7 Å². The molecule has 0 bridgehead atoms. The van der Waals surface area contributed by atoms with Crippen LogP contribution in [0.2, 0.25) is 0 Å². The molecule has 0 aliphatic carbocycles. The molecule has 7 nitrogen and oxygen atoms in total. The Labute approximate surface area is 125 Å². The molecule has 1 atom stereocenters. The first-order chi connectivity index (χ1) is 10.3. The quantitative estimate of drug-likeness (QED) is 0.472. The van der Waals surface area contributed by atoms with Crippen LogP contribution in [0.3, 0.4) is 0 Å². The Kier molecular flexibility index (Phi) is 3.01. The summed E-state index contributed by atoms with van der Waals surface area (Å²) in [6.07, 6.45) is -0.724. The Bertz CT molecular complexity index is 716. The van der Waals surface area contributed by atoms with Gasteiger partial charge in [0, 0.05) is 12.1 Å². The van der Waals surface area contributed by atoms with E-state index in [2.05, 4.69) is 0 Å². The second-order valence-corrected chi connectivity index (χ2v) is 5.84. The van der Waals surface area contributed by atoms with E-state index in [1.54, 1.807) is 13.8 Å². The van der Waals surface area contributed by atoms with Gasteiger partial charge in [0.1, 0.15) is 5.60 Å². The van der Waals surface area contributed by atoms with Crippen LogP contribution in [0, 0.1) is 10.1 Å². The molecule has 0 amide bonds. The lowest BCUT2D eigenvalue weighted by molar-refractivity contribution is -0.384. The lowest BCUT2D eigenvalue weighted by Crippen LogP contribution is -2.34. The number of cyclic esters (lactones) is 1. The van der Waals surface area contributed by atoms with Crippen molar-refractivity contribution in [2.75, 3.05) is 0 Å². The fraction of sp³-hybridized carbons (Fsp3) is 0.333. The van der Waals surface area contributed by atoms with Crippen LogP contribution in [0.5, 0.6) is 0 Å². The number of ketones is 1. The van der Waals surface area contributed by atoms with Gasteiger partial charge >= 0.3 is 5.97 Å². The van der Waals surface area contributed by atoms with Gasteiger partial charge in [-0.2, -0.15) is 0 Å². The number of nitrogens with zero attached hydrogens (tertiary/aromatic N) is 1. The summed E-state index contributed by atoms with van der Waals surface area (Å²) in [6, 6.07) is 5.55. The third-order valence-electron chi connectivity index (χ3n) is 3.59.